The first kappa shape index (κ1) is 13.4. The van der Waals surface area contributed by atoms with E-state index in [2.05, 4.69) is 17.1 Å². The molecule has 0 aromatic heterocycles. The molecule has 0 aromatic rings. The van der Waals surface area contributed by atoms with E-state index in [9.17, 15) is 4.79 Å². The van der Waals surface area contributed by atoms with Gasteiger partial charge in [0.2, 0.25) is 5.91 Å². The maximum absolute atomic E-state index is 11.7. The molecule has 0 aromatic carbocycles. The molecule has 3 unspecified atom stereocenters. The van der Waals surface area contributed by atoms with Gasteiger partial charge < -0.3 is 10.2 Å². The molecule has 1 N–H and O–H groups in total. The lowest BCUT2D eigenvalue weighted by Crippen LogP contribution is -2.50. The fourth-order valence-electron chi connectivity index (χ4n) is 4.09. The standard InChI is InChI=1S/C15H27N3O/c1-12(11-18-9-4-6-15(18)19)16-13-7-10-17-8-3-2-5-14(13)17/h12-14,16H,2-11H2,1H3. The van der Waals surface area contributed by atoms with Gasteiger partial charge >= 0.3 is 0 Å². The topological polar surface area (TPSA) is 35.6 Å². The third kappa shape index (κ3) is 2.95. The Labute approximate surface area is 116 Å². The lowest BCUT2D eigenvalue weighted by molar-refractivity contribution is -0.128. The quantitative estimate of drug-likeness (QED) is 0.830. The molecule has 3 saturated heterocycles. The van der Waals surface area contributed by atoms with Crippen LogP contribution in [0.5, 0.6) is 0 Å². The molecule has 4 heteroatoms. The fourth-order valence-corrected chi connectivity index (χ4v) is 4.09. The number of piperidine rings is 1. The van der Waals surface area contributed by atoms with Crippen molar-refractivity contribution >= 4 is 5.91 Å². The lowest BCUT2D eigenvalue weighted by Gasteiger charge is -2.34. The zero-order chi connectivity index (χ0) is 13.2. The van der Waals surface area contributed by atoms with Crippen LogP contribution in [0.3, 0.4) is 0 Å². The third-order valence-electron chi connectivity index (χ3n) is 5.02. The highest BCUT2D eigenvalue weighted by molar-refractivity contribution is 5.78. The molecule has 0 spiro atoms. The Kier molecular flexibility index (Phi) is 4.08. The molecule has 3 aliphatic rings. The lowest BCUT2D eigenvalue weighted by atomic mass is 9.98. The molecule has 3 atom stereocenters. The number of hydrogen-bond donors (Lipinski definition) is 1. The molecule has 4 nitrogen and oxygen atoms in total. The maximum Gasteiger partial charge on any atom is 0.222 e. The minimum Gasteiger partial charge on any atom is -0.341 e. The number of nitrogens with zero attached hydrogens (tertiary/aromatic N) is 2. The van der Waals surface area contributed by atoms with Crippen molar-refractivity contribution in [1.29, 1.82) is 0 Å². The molecule has 0 bridgehead atoms. The van der Waals surface area contributed by atoms with E-state index in [1.807, 2.05) is 4.90 Å². The molecule has 19 heavy (non-hydrogen) atoms. The van der Waals surface area contributed by atoms with Crippen LogP contribution in [0.15, 0.2) is 0 Å². The summed E-state index contributed by atoms with van der Waals surface area (Å²) in [6.45, 7) is 6.64. The number of nitrogens with one attached hydrogen (secondary N) is 1. The van der Waals surface area contributed by atoms with Crippen LogP contribution in [0, 0.1) is 0 Å². The van der Waals surface area contributed by atoms with Gasteiger partial charge in [-0.15, -0.1) is 0 Å². The van der Waals surface area contributed by atoms with E-state index in [1.54, 1.807) is 0 Å². The highest BCUT2D eigenvalue weighted by atomic mass is 16.2. The smallest absolute Gasteiger partial charge is 0.222 e. The van der Waals surface area contributed by atoms with Crippen molar-refractivity contribution in [3.05, 3.63) is 0 Å². The summed E-state index contributed by atoms with van der Waals surface area (Å²) in [6, 6.07) is 1.83. The average molecular weight is 265 g/mol. The summed E-state index contributed by atoms with van der Waals surface area (Å²) in [5.74, 6) is 0.347. The van der Waals surface area contributed by atoms with Gasteiger partial charge in [-0.2, -0.15) is 0 Å². The van der Waals surface area contributed by atoms with E-state index < -0.39 is 0 Å². The summed E-state index contributed by atoms with van der Waals surface area (Å²) < 4.78 is 0. The van der Waals surface area contributed by atoms with Gasteiger partial charge in [-0.05, 0) is 39.2 Å². The number of likely N-dealkylation sites (tertiary alicyclic amines) is 1. The normalized spacial score (nSPS) is 33.7. The maximum atomic E-state index is 11.7. The molecule has 3 rings (SSSR count). The van der Waals surface area contributed by atoms with Crippen molar-refractivity contribution in [3.8, 4) is 0 Å². The Morgan fingerprint density at radius 3 is 2.89 bits per heavy atom. The van der Waals surface area contributed by atoms with Crippen LogP contribution >= 0.6 is 0 Å². The second kappa shape index (κ2) is 5.80. The molecule has 3 aliphatic heterocycles. The minimum absolute atomic E-state index is 0.347. The molecule has 0 radical (unpaired) electrons. The van der Waals surface area contributed by atoms with E-state index in [0.717, 1.165) is 32.0 Å². The number of carbonyl (C=O) groups is 1. The number of hydrogen-bond acceptors (Lipinski definition) is 3. The second-order valence-electron chi connectivity index (χ2n) is 6.51. The summed E-state index contributed by atoms with van der Waals surface area (Å²) in [6.07, 6.45) is 7.20. The van der Waals surface area contributed by atoms with E-state index >= 15 is 0 Å². The first-order valence-electron chi connectivity index (χ1n) is 8.02. The predicted octanol–water partition coefficient (Wildman–Crippen LogP) is 1.21. The monoisotopic (exact) mass is 265 g/mol. The van der Waals surface area contributed by atoms with Gasteiger partial charge in [0.05, 0.1) is 0 Å². The van der Waals surface area contributed by atoms with E-state index in [1.165, 1.54) is 38.8 Å². The highest BCUT2D eigenvalue weighted by Gasteiger charge is 2.36. The number of rotatable bonds is 4. The molecule has 0 saturated carbocycles. The molecular weight excluding hydrogens is 238 g/mol. The SMILES string of the molecule is CC(CN1CCCC1=O)NC1CCN2CCCCC12. The molecule has 0 aliphatic carbocycles. The van der Waals surface area contributed by atoms with Gasteiger partial charge in [0.1, 0.15) is 0 Å². The Balaban J connectivity index is 1.49. The van der Waals surface area contributed by atoms with Crippen molar-refractivity contribution in [2.24, 2.45) is 0 Å². The van der Waals surface area contributed by atoms with Crippen molar-refractivity contribution in [2.75, 3.05) is 26.2 Å². The van der Waals surface area contributed by atoms with Gasteiger partial charge in [0, 0.05) is 44.2 Å². The summed E-state index contributed by atoms with van der Waals surface area (Å²) in [5, 5.41) is 3.79. The molecule has 3 fully saturated rings. The van der Waals surface area contributed by atoms with Gasteiger partial charge in [0.15, 0.2) is 0 Å². The van der Waals surface area contributed by atoms with Gasteiger partial charge in [-0.25, -0.2) is 0 Å². The Hall–Kier alpha value is -0.610. The van der Waals surface area contributed by atoms with Crippen LogP contribution in [0.1, 0.15) is 45.4 Å². The highest BCUT2D eigenvalue weighted by Crippen LogP contribution is 2.27. The molecule has 1 amide bonds. The van der Waals surface area contributed by atoms with Crippen LogP contribution in [-0.4, -0.2) is 60.0 Å². The van der Waals surface area contributed by atoms with E-state index in [0.29, 0.717) is 18.0 Å². The Morgan fingerprint density at radius 1 is 1.21 bits per heavy atom. The first-order chi connectivity index (χ1) is 9.24. The summed E-state index contributed by atoms with van der Waals surface area (Å²) >= 11 is 0. The van der Waals surface area contributed by atoms with Gasteiger partial charge in [0.25, 0.3) is 0 Å². The summed E-state index contributed by atoms with van der Waals surface area (Å²) in [5.41, 5.74) is 0. The minimum atomic E-state index is 0.347. The van der Waals surface area contributed by atoms with Crippen LogP contribution in [-0.2, 0) is 4.79 Å². The van der Waals surface area contributed by atoms with Crippen molar-refractivity contribution in [3.63, 3.8) is 0 Å². The van der Waals surface area contributed by atoms with Crippen LogP contribution in [0.4, 0.5) is 0 Å². The average Bonchev–Trinajstić information content (AvgIpc) is 2.98. The van der Waals surface area contributed by atoms with Crippen LogP contribution in [0.2, 0.25) is 0 Å². The van der Waals surface area contributed by atoms with E-state index in [4.69, 9.17) is 0 Å². The van der Waals surface area contributed by atoms with Crippen molar-refractivity contribution < 1.29 is 4.79 Å². The largest absolute Gasteiger partial charge is 0.341 e. The van der Waals surface area contributed by atoms with Crippen molar-refractivity contribution in [2.45, 2.75) is 63.6 Å². The predicted molar refractivity (Wildman–Crippen MR) is 76.0 cm³/mol. The molecular formula is C15H27N3O. The van der Waals surface area contributed by atoms with E-state index in [-0.39, 0.29) is 0 Å². The molecule has 3 heterocycles. The fraction of sp³-hybridized carbons (Fsp3) is 0.933. The molecule has 108 valence electrons. The number of fused-ring (bicyclic) bond motifs is 1. The Bertz CT molecular complexity index is 333. The van der Waals surface area contributed by atoms with Gasteiger partial charge in [-0.1, -0.05) is 6.42 Å². The van der Waals surface area contributed by atoms with Crippen LogP contribution in [0.25, 0.3) is 0 Å². The van der Waals surface area contributed by atoms with Crippen LogP contribution < -0.4 is 5.32 Å². The number of carbonyl (C=O) groups excluding carboxylic acids is 1. The van der Waals surface area contributed by atoms with Crippen molar-refractivity contribution in [1.82, 2.24) is 15.1 Å². The zero-order valence-corrected chi connectivity index (χ0v) is 12.1. The third-order valence-corrected chi connectivity index (χ3v) is 5.02. The zero-order valence-electron chi connectivity index (χ0n) is 12.1. The second-order valence-corrected chi connectivity index (χ2v) is 6.51. The summed E-state index contributed by atoms with van der Waals surface area (Å²) in [7, 11) is 0. The Morgan fingerprint density at radius 2 is 2.11 bits per heavy atom. The van der Waals surface area contributed by atoms with Gasteiger partial charge in [-0.3, -0.25) is 9.69 Å². The first-order valence-corrected chi connectivity index (χ1v) is 8.02. The summed E-state index contributed by atoms with van der Waals surface area (Å²) in [4.78, 5) is 16.4. The number of amides is 1.